The van der Waals surface area contributed by atoms with Crippen LogP contribution in [0.1, 0.15) is 12.5 Å². The topological polar surface area (TPSA) is 56.8 Å². The molecule has 5 nitrogen and oxygen atoms in total. The van der Waals surface area contributed by atoms with E-state index in [1.54, 1.807) is 13.0 Å². The van der Waals surface area contributed by atoms with Gasteiger partial charge < -0.3 is 19.5 Å². The summed E-state index contributed by atoms with van der Waals surface area (Å²) in [5.41, 5.74) is 1.04. The van der Waals surface area contributed by atoms with E-state index in [0.29, 0.717) is 19.7 Å². The normalized spacial score (nSPS) is 12.9. The molecule has 5 heteroatoms. The van der Waals surface area contributed by atoms with Gasteiger partial charge in [0.05, 0.1) is 6.61 Å². The number of ether oxygens (including phenoxy) is 3. The summed E-state index contributed by atoms with van der Waals surface area (Å²) in [6.45, 7) is 3.68. The molecule has 1 aromatic carbocycles. The van der Waals surface area contributed by atoms with Gasteiger partial charge in [-0.25, -0.2) is 4.79 Å². The maximum atomic E-state index is 11.1. The molecule has 0 radical (unpaired) electrons. The number of esters is 1. The van der Waals surface area contributed by atoms with Crippen molar-refractivity contribution in [1.82, 2.24) is 5.32 Å². The van der Waals surface area contributed by atoms with Crippen molar-refractivity contribution >= 4 is 5.97 Å². The molecule has 0 saturated carbocycles. The van der Waals surface area contributed by atoms with Crippen molar-refractivity contribution < 1.29 is 19.0 Å². The molecule has 0 atom stereocenters. The van der Waals surface area contributed by atoms with Crippen LogP contribution < -0.4 is 14.8 Å². The summed E-state index contributed by atoms with van der Waals surface area (Å²) in [5, 5.41) is 3.20. The van der Waals surface area contributed by atoms with E-state index in [9.17, 15) is 4.79 Å². The highest BCUT2D eigenvalue weighted by molar-refractivity contribution is 5.81. The lowest BCUT2D eigenvalue weighted by molar-refractivity contribution is -0.137. The van der Waals surface area contributed by atoms with Gasteiger partial charge >= 0.3 is 5.97 Å². The van der Waals surface area contributed by atoms with Crippen molar-refractivity contribution in [3.05, 3.63) is 35.9 Å². The molecule has 0 bridgehead atoms. The Bertz CT molecular complexity index is 471. The smallest absolute Gasteiger partial charge is 0.330 e. The maximum absolute atomic E-state index is 11.1. The fourth-order valence-corrected chi connectivity index (χ4v) is 1.77. The zero-order valence-corrected chi connectivity index (χ0v) is 10.8. The summed E-state index contributed by atoms with van der Waals surface area (Å²) in [5.74, 6) is 1.26. The summed E-state index contributed by atoms with van der Waals surface area (Å²) in [4.78, 5) is 11.1. The number of hydrogen-bond acceptors (Lipinski definition) is 5. The number of fused-ring (bicyclic) bond motifs is 1. The molecule has 0 saturated heterocycles. The quantitative estimate of drug-likeness (QED) is 0.480. The van der Waals surface area contributed by atoms with Gasteiger partial charge in [0.1, 0.15) is 0 Å². The third kappa shape index (κ3) is 3.72. The van der Waals surface area contributed by atoms with Gasteiger partial charge in [-0.1, -0.05) is 18.2 Å². The van der Waals surface area contributed by atoms with Crippen LogP contribution in [0.25, 0.3) is 0 Å². The second kappa shape index (κ2) is 6.80. The molecule has 0 spiro atoms. The summed E-state index contributed by atoms with van der Waals surface area (Å²) in [6.07, 6.45) is 3.16. The molecule has 1 heterocycles. The van der Waals surface area contributed by atoms with Crippen LogP contribution in [0.3, 0.4) is 0 Å². The van der Waals surface area contributed by atoms with Crippen LogP contribution >= 0.6 is 0 Å². The summed E-state index contributed by atoms with van der Waals surface area (Å²) in [6, 6.07) is 5.79. The van der Waals surface area contributed by atoms with E-state index in [4.69, 9.17) is 14.2 Å². The van der Waals surface area contributed by atoms with Gasteiger partial charge in [-0.2, -0.15) is 0 Å². The second-order valence-electron chi connectivity index (χ2n) is 3.94. The second-order valence-corrected chi connectivity index (χ2v) is 3.94. The largest absolute Gasteiger partial charge is 0.463 e. The Morgan fingerprint density at radius 1 is 1.47 bits per heavy atom. The Hall–Kier alpha value is -2.01. The Kier molecular flexibility index (Phi) is 4.80. The highest BCUT2D eigenvalue weighted by atomic mass is 16.7. The highest BCUT2D eigenvalue weighted by Gasteiger charge is 2.16. The lowest BCUT2D eigenvalue weighted by Crippen LogP contribution is -2.13. The number of carbonyl (C=O) groups excluding carboxylic acids is 1. The zero-order chi connectivity index (χ0) is 13.5. The number of hydrogen-bond donors (Lipinski definition) is 1. The van der Waals surface area contributed by atoms with Crippen LogP contribution in [0, 0.1) is 0 Å². The molecule has 1 aliphatic heterocycles. The first-order chi connectivity index (χ1) is 9.31. The SMILES string of the molecule is CCOC(=O)/C=C/CNCc1cccc2c1OCO2. The minimum Gasteiger partial charge on any atom is -0.463 e. The van der Waals surface area contributed by atoms with Gasteiger partial charge in [0, 0.05) is 24.7 Å². The van der Waals surface area contributed by atoms with Gasteiger partial charge in [-0.05, 0) is 13.0 Å². The first kappa shape index (κ1) is 13.4. The summed E-state index contributed by atoms with van der Waals surface area (Å²) < 4.78 is 15.5. The number of nitrogens with one attached hydrogen (secondary N) is 1. The lowest BCUT2D eigenvalue weighted by atomic mass is 10.2. The van der Waals surface area contributed by atoms with Crippen molar-refractivity contribution in [2.24, 2.45) is 0 Å². The molecule has 0 fully saturated rings. The van der Waals surface area contributed by atoms with Gasteiger partial charge in [-0.15, -0.1) is 0 Å². The van der Waals surface area contributed by atoms with Gasteiger partial charge in [0.15, 0.2) is 11.5 Å². The van der Waals surface area contributed by atoms with E-state index in [-0.39, 0.29) is 12.8 Å². The molecular weight excluding hydrogens is 246 g/mol. The summed E-state index contributed by atoms with van der Waals surface area (Å²) in [7, 11) is 0. The van der Waals surface area contributed by atoms with E-state index >= 15 is 0 Å². The van der Waals surface area contributed by atoms with Crippen LogP contribution in [0.2, 0.25) is 0 Å². The minimum atomic E-state index is -0.318. The van der Waals surface area contributed by atoms with Crippen molar-refractivity contribution in [2.45, 2.75) is 13.5 Å². The standard InChI is InChI=1S/C14H17NO4/c1-2-17-13(16)7-4-8-15-9-11-5-3-6-12-14(11)19-10-18-12/h3-7,15H,2,8-10H2,1H3/b7-4+. The maximum Gasteiger partial charge on any atom is 0.330 e. The average Bonchev–Trinajstić information content (AvgIpc) is 2.87. The van der Waals surface area contributed by atoms with E-state index in [0.717, 1.165) is 17.1 Å². The van der Waals surface area contributed by atoms with E-state index in [1.165, 1.54) is 6.08 Å². The van der Waals surface area contributed by atoms with Crippen LogP contribution in [-0.4, -0.2) is 25.9 Å². The third-order valence-electron chi connectivity index (χ3n) is 2.60. The lowest BCUT2D eigenvalue weighted by Gasteiger charge is -2.05. The monoisotopic (exact) mass is 263 g/mol. The van der Waals surface area contributed by atoms with Gasteiger partial charge in [0.2, 0.25) is 6.79 Å². The first-order valence-corrected chi connectivity index (χ1v) is 6.22. The third-order valence-corrected chi connectivity index (χ3v) is 2.60. The van der Waals surface area contributed by atoms with Crippen LogP contribution in [0.4, 0.5) is 0 Å². The molecule has 0 aliphatic carbocycles. The van der Waals surface area contributed by atoms with Crippen molar-refractivity contribution in [3.63, 3.8) is 0 Å². The van der Waals surface area contributed by atoms with Crippen LogP contribution in [0.15, 0.2) is 30.4 Å². The Labute approximate surface area is 112 Å². The molecule has 0 aromatic heterocycles. The highest BCUT2D eigenvalue weighted by Crippen LogP contribution is 2.35. The molecule has 0 amide bonds. The predicted octanol–water partition coefficient (Wildman–Crippen LogP) is 1.62. The molecule has 0 unspecified atom stereocenters. The number of rotatable bonds is 6. The molecule has 1 aromatic rings. The zero-order valence-electron chi connectivity index (χ0n) is 10.8. The fourth-order valence-electron chi connectivity index (χ4n) is 1.77. The predicted molar refractivity (Wildman–Crippen MR) is 70.0 cm³/mol. The summed E-state index contributed by atoms with van der Waals surface area (Å²) >= 11 is 0. The van der Waals surface area contributed by atoms with E-state index in [1.807, 2.05) is 18.2 Å². The Morgan fingerprint density at radius 2 is 2.37 bits per heavy atom. The molecule has 1 N–H and O–H groups in total. The molecule has 19 heavy (non-hydrogen) atoms. The Morgan fingerprint density at radius 3 is 3.21 bits per heavy atom. The van der Waals surface area contributed by atoms with Gasteiger partial charge in [-0.3, -0.25) is 0 Å². The molecule has 2 rings (SSSR count). The first-order valence-electron chi connectivity index (χ1n) is 6.22. The van der Waals surface area contributed by atoms with E-state index < -0.39 is 0 Å². The number of benzene rings is 1. The average molecular weight is 263 g/mol. The Balaban J connectivity index is 1.78. The molecule has 102 valence electrons. The number of carbonyl (C=O) groups is 1. The number of para-hydroxylation sites is 1. The van der Waals surface area contributed by atoms with Crippen molar-refractivity contribution in [3.8, 4) is 11.5 Å². The molecular formula is C14H17NO4. The van der Waals surface area contributed by atoms with Gasteiger partial charge in [0.25, 0.3) is 0 Å². The van der Waals surface area contributed by atoms with E-state index in [2.05, 4.69) is 5.32 Å². The van der Waals surface area contributed by atoms with Crippen molar-refractivity contribution in [2.75, 3.05) is 19.9 Å². The van der Waals surface area contributed by atoms with Crippen LogP contribution in [0.5, 0.6) is 11.5 Å². The fraction of sp³-hybridized carbons (Fsp3) is 0.357. The minimum absolute atomic E-state index is 0.273. The van der Waals surface area contributed by atoms with Crippen LogP contribution in [-0.2, 0) is 16.1 Å². The van der Waals surface area contributed by atoms with Crippen molar-refractivity contribution in [1.29, 1.82) is 0 Å². The molecule has 1 aliphatic rings.